The van der Waals surface area contributed by atoms with Crippen molar-refractivity contribution in [2.24, 2.45) is 0 Å². The first-order chi connectivity index (χ1) is 7.19. The number of hydrogen-bond donors (Lipinski definition) is 0. The molecule has 0 bridgehead atoms. The summed E-state index contributed by atoms with van der Waals surface area (Å²) >= 11 is 1.12. The van der Waals surface area contributed by atoms with E-state index in [1.165, 1.54) is 0 Å². The minimum absolute atomic E-state index is 0.125. The summed E-state index contributed by atoms with van der Waals surface area (Å²) in [5.41, 5.74) is 1.77. The van der Waals surface area contributed by atoms with Crippen LogP contribution in [0.3, 0.4) is 0 Å². The lowest BCUT2D eigenvalue weighted by atomic mass is 9.78. The molecule has 0 amide bonds. The minimum atomic E-state index is -2.74. The number of alkyl halides is 2. The van der Waals surface area contributed by atoms with Crippen molar-refractivity contribution in [2.45, 2.75) is 45.5 Å². The molecular weight excluding hydrogens is 226 g/mol. The zero-order valence-electron chi connectivity index (χ0n) is 10.2. The largest absolute Gasteiger partial charge is 0.279 e. The molecule has 0 saturated carbocycles. The third kappa shape index (κ3) is 2.51. The van der Waals surface area contributed by atoms with Crippen LogP contribution in [0.1, 0.15) is 44.6 Å². The number of thiophene rings is 1. The van der Waals surface area contributed by atoms with E-state index in [0.29, 0.717) is 0 Å². The van der Waals surface area contributed by atoms with Crippen molar-refractivity contribution >= 4 is 11.3 Å². The fourth-order valence-corrected chi connectivity index (χ4v) is 2.56. The first-order valence-corrected chi connectivity index (χ1v) is 6.23. The van der Waals surface area contributed by atoms with Crippen LogP contribution in [0.5, 0.6) is 0 Å². The van der Waals surface area contributed by atoms with E-state index in [0.717, 1.165) is 35.8 Å². The molecule has 1 aromatic heterocycles. The Bertz CT molecular complexity index is 383. The van der Waals surface area contributed by atoms with Crippen molar-refractivity contribution in [2.75, 3.05) is 0 Å². The van der Waals surface area contributed by atoms with Crippen LogP contribution in [0, 0.1) is 0 Å². The highest BCUT2D eigenvalue weighted by Gasteiger charge is 2.30. The maximum Gasteiger partial charge on any atom is 0.279 e. The molecule has 0 aliphatic rings. The molecule has 1 rings (SSSR count). The standard InChI is InChI=1S/C13H18F2S/c1-6-9(2)12(3,4)10-7-11(16-8-10)13(5,14)15/h7-8H,2,6H2,1,3-5H3. The third-order valence-electron chi connectivity index (χ3n) is 3.06. The molecule has 3 heteroatoms. The van der Waals surface area contributed by atoms with E-state index < -0.39 is 5.92 Å². The monoisotopic (exact) mass is 244 g/mol. The second-order valence-electron chi connectivity index (χ2n) is 4.67. The molecule has 90 valence electrons. The predicted molar refractivity (Wildman–Crippen MR) is 66.3 cm³/mol. The SMILES string of the molecule is C=C(CC)C(C)(C)c1csc(C(C)(F)F)c1. The topological polar surface area (TPSA) is 0 Å². The van der Waals surface area contributed by atoms with Crippen molar-refractivity contribution in [3.8, 4) is 0 Å². The molecule has 1 aromatic rings. The van der Waals surface area contributed by atoms with Gasteiger partial charge in [0.25, 0.3) is 5.92 Å². The van der Waals surface area contributed by atoms with Gasteiger partial charge in [0.05, 0.1) is 4.88 Å². The highest BCUT2D eigenvalue weighted by atomic mass is 32.1. The van der Waals surface area contributed by atoms with Crippen molar-refractivity contribution < 1.29 is 8.78 Å². The lowest BCUT2D eigenvalue weighted by Crippen LogP contribution is -2.18. The molecule has 0 unspecified atom stereocenters. The molecule has 0 atom stereocenters. The number of halogens is 2. The summed E-state index contributed by atoms with van der Waals surface area (Å²) in [7, 11) is 0. The zero-order valence-corrected chi connectivity index (χ0v) is 11.0. The third-order valence-corrected chi connectivity index (χ3v) is 4.17. The van der Waals surface area contributed by atoms with Crippen LogP contribution in [0.2, 0.25) is 0 Å². The van der Waals surface area contributed by atoms with Gasteiger partial charge in [-0.2, -0.15) is 0 Å². The smallest absolute Gasteiger partial charge is 0.201 e. The molecule has 16 heavy (non-hydrogen) atoms. The summed E-state index contributed by atoms with van der Waals surface area (Å²) in [4.78, 5) is 0.125. The van der Waals surface area contributed by atoms with E-state index in [1.807, 2.05) is 26.2 Å². The van der Waals surface area contributed by atoms with Gasteiger partial charge in [0.15, 0.2) is 0 Å². The van der Waals surface area contributed by atoms with Gasteiger partial charge < -0.3 is 0 Å². The predicted octanol–water partition coefficient (Wildman–Crippen LogP) is 5.10. The Labute approximate surface area is 100.0 Å². The summed E-state index contributed by atoms with van der Waals surface area (Å²) in [5.74, 6) is -2.74. The quantitative estimate of drug-likeness (QED) is 0.646. The van der Waals surface area contributed by atoms with E-state index in [9.17, 15) is 8.78 Å². The van der Waals surface area contributed by atoms with Crippen molar-refractivity contribution in [3.05, 3.63) is 34.0 Å². The van der Waals surface area contributed by atoms with Crippen molar-refractivity contribution in [1.29, 1.82) is 0 Å². The normalized spacial score (nSPS) is 12.9. The van der Waals surface area contributed by atoms with Gasteiger partial charge in [-0.05, 0) is 23.4 Å². The molecule has 0 aliphatic heterocycles. The number of allylic oxidation sites excluding steroid dienone is 1. The average Bonchev–Trinajstić information content (AvgIpc) is 2.64. The van der Waals surface area contributed by atoms with Crippen LogP contribution in [0.4, 0.5) is 8.78 Å². The van der Waals surface area contributed by atoms with Gasteiger partial charge in [0.2, 0.25) is 0 Å². The summed E-state index contributed by atoms with van der Waals surface area (Å²) in [6.45, 7) is 11.0. The number of hydrogen-bond acceptors (Lipinski definition) is 1. The average molecular weight is 244 g/mol. The molecule has 0 fully saturated rings. The van der Waals surface area contributed by atoms with Gasteiger partial charge in [-0.15, -0.1) is 11.3 Å². The molecular formula is C13H18F2S. The summed E-state index contributed by atoms with van der Waals surface area (Å²) in [6, 6.07) is 1.60. The van der Waals surface area contributed by atoms with Crippen LogP contribution >= 0.6 is 11.3 Å². The summed E-state index contributed by atoms with van der Waals surface area (Å²) in [5, 5.41) is 1.81. The molecule has 0 aliphatic carbocycles. The molecule has 0 aromatic carbocycles. The lowest BCUT2D eigenvalue weighted by Gasteiger charge is -2.26. The van der Waals surface area contributed by atoms with Gasteiger partial charge in [0.1, 0.15) is 0 Å². The van der Waals surface area contributed by atoms with Crippen LogP contribution < -0.4 is 0 Å². The highest BCUT2D eigenvalue weighted by molar-refractivity contribution is 7.10. The Kier molecular flexibility index (Phi) is 3.58. The molecule has 0 N–H and O–H groups in total. The van der Waals surface area contributed by atoms with Gasteiger partial charge in [-0.1, -0.05) is 32.9 Å². The van der Waals surface area contributed by atoms with E-state index >= 15 is 0 Å². The Hall–Kier alpha value is -0.700. The first-order valence-electron chi connectivity index (χ1n) is 5.35. The fraction of sp³-hybridized carbons (Fsp3) is 0.538. The minimum Gasteiger partial charge on any atom is -0.201 e. The van der Waals surface area contributed by atoms with E-state index in [4.69, 9.17) is 0 Å². The van der Waals surface area contributed by atoms with E-state index in [2.05, 4.69) is 6.58 Å². The lowest BCUT2D eigenvalue weighted by molar-refractivity contribution is 0.0214. The summed E-state index contributed by atoms with van der Waals surface area (Å²) < 4.78 is 26.3. The second kappa shape index (κ2) is 4.28. The van der Waals surface area contributed by atoms with Crippen LogP contribution in [0.15, 0.2) is 23.6 Å². The second-order valence-corrected chi connectivity index (χ2v) is 5.58. The Balaban J connectivity index is 3.07. The molecule has 0 spiro atoms. The highest BCUT2D eigenvalue weighted by Crippen LogP contribution is 2.39. The molecule has 0 nitrogen and oxygen atoms in total. The zero-order chi connectivity index (χ0) is 12.6. The van der Waals surface area contributed by atoms with E-state index in [-0.39, 0.29) is 10.3 Å². The molecule has 0 saturated heterocycles. The maximum absolute atomic E-state index is 13.1. The molecule has 1 heterocycles. The Morgan fingerprint density at radius 1 is 1.38 bits per heavy atom. The van der Waals surface area contributed by atoms with Crippen molar-refractivity contribution in [1.82, 2.24) is 0 Å². The van der Waals surface area contributed by atoms with Gasteiger partial charge >= 0.3 is 0 Å². The van der Waals surface area contributed by atoms with Crippen LogP contribution in [0.25, 0.3) is 0 Å². The van der Waals surface area contributed by atoms with Crippen LogP contribution in [-0.2, 0) is 11.3 Å². The Morgan fingerprint density at radius 2 is 1.94 bits per heavy atom. The van der Waals surface area contributed by atoms with E-state index in [1.54, 1.807) is 6.07 Å². The molecule has 0 radical (unpaired) electrons. The van der Waals surface area contributed by atoms with Gasteiger partial charge in [-0.3, -0.25) is 0 Å². The van der Waals surface area contributed by atoms with Gasteiger partial charge in [-0.25, -0.2) is 8.78 Å². The van der Waals surface area contributed by atoms with Crippen LogP contribution in [-0.4, -0.2) is 0 Å². The Morgan fingerprint density at radius 3 is 2.31 bits per heavy atom. The fourth-order valence-electron chi connectivity index (χ4n) is 1.54. The van der Waals surface area contributed by atoms with Gasteiger partial charge in [0, 0.05) is 12.3 Å². The first kappa shape index (κ1) is 13.4. The summed E-state index contributed by atoms with van der Waals surface area (Å²) in [6.07, 6.45) is 0.862. The maximum atomic E-state index is 13.1. The van der Waals surface area contributed by atoms with Crippen molar-refractivity contribution in [3.63, 3.8) is 0 Å². The number of rotatable bonds is 4.